The van der Waals surface area contributed by atoms with Gasteiger partial charge in [0.1, 0.15) is 5.82 Å². The average Bonchev–Trinajstić information content (AvgIpc) is 3.18. The van der Waals surface area contributed by atoms with Crippen molar-refractivity contribution in [3.8, 4) is 0 Å². The molecule has 1 atom stereocenters. The zero-order valence-corrected chi connectivity index (χ0v) is 16.5. The fraction of sp³-hybridized carbons (Fsp3) is 0.562. The van der Waals surface area contributed by atoms with Crippen LogP contribution in [0.4, 0.5) is 0 Å². The van der Waals surface area contributed by atoms with Crippen LogP contribution in [0.1, 0.15) is 25.6 Å². The Morgan fingerprint density at radius 1 is 1.38 bits per heavy atom. The number of rotatable bonds is 5. The lowest BCUT2D eigenvalue weighted by Crippen LogP contribution is -2.46. The fourth-order valence-corrected chi connectivity index (χ4v) is 2.82. The van der Waals surface area contributed by atoms with Gasteiger partial charge in [-0.05, 0) is 31.9 Å². The highest BCUT2D eigenvalue weighted by molar-refractivity contribution is 14.0. The minimum absolute atomic E-state index is 0. The number of nitrogens with zero attached hydrogens (tertiary/aromatic N) is 4. The molecule has 3 rings (SSSR count). The molecule has 2 aromatic heterocycles. The summed E-state index contributed by atoms with van der Waals surface area (Å²) in [5.41, 5.74) is 0.789. The second-order valence-electron chi connectivity index (χ2n) is 6.05. The Hall–Kier alpha value is -1.42. The van der Waals surface area contributed by atoms with Crippen LogP contribution in [0.25, 0.3) is 5.65 Å². The molecule has 1 saturated heterocycles. The molecule has 1 aliphatic rings. The molecule has 0 saturated carbocycles. The van der Waals surface area contributed by atoms with Crippen molar-refractivity contribution < 1.29 is 4.74 Å². The Bertz CT molecular complexity index is 680. The standard InChI is InChI=1S/C16H24N6O.HI/c1-16(8-5-11-23-16)12-19-15(17-2)18-9-7-14-21-20-13-6-3-4-10-22(13)14;/h3-4,6,10H,5,7-9,11-12H2,1-2H3,(H2,17,18,19);1H. The van der Waals surface area contributed by atoms with E-state index in [0.717, 1.165) is 56.4 Å². The summed E-state index contributed by atoms with van der Waals surface area (Å²) >= 11 is 0. The van der Waals surface area contributed by atoms with E-state index in [4.69, 9.17) is 4.74 Å². The SMILES string of the molecule is CN=C(NCCc1nnc2ccccn12)NCC1(C)CCCO1.I. The maximum atomic E-state index is 5.78. The first-order valence-corrected chi connectivity index (χ1v) is 8.07. The first kappa shape index (κ1) is 18.9. The first-order valence-electron chi connectivity index (χ1n) is 8.07. The largest absolute Gasteiger partial charge is 0.373 e. The maximum absolute atomic E-state index is 5.78. The van der Waals surface area contributed by atoms with E-state index >= 15 is 0 Å². The fourth-order valence-electron chi connectivity index (χ4n) is 2.82. The third kappa shape index (κ3) is 4.56. The molecule has 0 bridgehead atoms. The summed E-state index contributed by atoms with van der Waals surface area (Å²) in [5, 5.41) is 15.0. The van der Waals surface area contributed by atoms with E-state index in [9.17, 15) is 0 Å². The van der Waals surface area contributed by atoms with Crippen LogP contribution >= 0.6 is 24.0 Å². The van der Waals surface area contributed by atoms with Gasteiger partial charge in [-0.2, -0.15) is 0 Å². The molecule has 0 amide bonds. The lowest BCUT2D eigenvalue weighted by atomic mass is 10.0. The molecule has 7 nitrogen and oxygen atoms in total. The van der Waals surface area contributed by atoms with E-state index in [0.29, 0.717) is 0 Å². The number of aliphatic imine (C=N–C) groups is 1. The molecule has 0 spiro atoms. The van der Waals surface area contributed by atoms with Crippen molar-refractivity contribution in [2.75, 3.05) is 26.7 Å². The van der Waals surface area contributed by atoms with Crippen LogP contribution in [-0.4, -0.2) is 52.9 Å². The Kier molecular flexibility index (Phi) is 6.79. The van der Waals surface area contributed by atoms with Crippen molar-refractivity contribution in [1.29, 1.82) is 0 Å². The Morgan fingerprint density at radius 3 is 3.00 bits per heavy atom. The summed E-state index contributed by atoms with van der Waals surface area (Å²) in [6.07, 6.45) is 4.97. The number of fused-ring (bicyclic) bond motifs is 1. The number of ether oxygens (including phenoxy) is 1. The lowest BCUT2D eigenvalue weighted by molar-refractivity contribution is 0.0243. The zero-order chi connectivity index (χ0) is 16.1. The molecule has 0 aliphatic carbocycles. The smallest absolute Gasteiger partial charge is 0.191 e. The van der Waals surface area contributed by atoms with E-state index in [1.54, 1.807) is 7.05 Å². The Labute approximate surface area is 159 Å². The number of aromatic nitrogens is 3. The van der Waals surface area contributed by atoms with Crippen molar-refractivity contribution in [2.45, 2.75) is 31.8 Å². The van der Waals surface area contributed by atoms with Gasteiger partial charge < -0.3 is 15.4 Å². The Balaban J connectivity index is 0.00000208. The zero-order valence-electron chi connectivity index (χ0n) is 14.2. The minimum Gasteiger partial charge on any atom is -0.373 e. The van der Waals surface area contributed by atoms with Crippen LogP contribution in [0.15, 0.2) is 29.4 Å². The third-order valence-electron chi connectivity index (χ3n) is 4.18. The van der Waals surface area contributed by atoms with Gasteiger partial charge in [0.15, 0.2) is 11.6 Å². The first-order chi connectivity index (χ1) is 11.2. The number of hydrogen-bond acceptors (Lipinski definition) is 4. The molecule has 1 fully saturated rings. The quantitative estimate of drug-likeness (QED) is 0.417. The molecule has 8 heteroatoms. The van der Waals surface area contributed by atoms with Crippen LogP contribution < -0.4 is 10.6 Å². The predicted octanol–water partition coefficient (Wildman–Crippen LogP) is 1.62. The topological polar surface area (TPSA) is 75.8 Å². The predicted molar refractivity (Wildman–Crippen MR) is 105 cm³/mol. The van der Waals surface area contributed by atoms with Gasteiger partial charge in [-0.1, -0.05) is 6.07 Å². The van der Waals surface area contributed by atoms with Gasteiger partial charge in [0.05, 0.1) is 5.60 Å². The average molecular weight is 444 g/mol. The molecule has 2 N–H and O–H groups in total. The number of halogens is 1. The van der Waals surface area contributed by atoms with E-state index < -0.39 is 0 Å². The van der Waals surface area contributed by atoms with Gasteiger partial charge in [-0.15, -0.1) is 34.2 Å². The van der Waals surface area contributed by atoms with Gasteiger partial charge in [0.2, 0.25) is 0 Å². The van der Waals surface area contributed by atoms with Gasteiger partial charge >= 0.3 is 0 Å². The molecule has 1 aliphatic heterocycles. The minimum atomic E-state index is -0.0825. The van der Waals surface area contributed by atoms with Crippen molar-refractivity contribution >= 4 is 35.6 Å². The highest BCUT2D eigenvalue weighted by atomic mass is 127. The summed E-state index contributed by atoms with van der Waals surface area (Å²) in [5.74, 6) is 1.73. The van der Waals surface area contributed by atoms with Crippen LogP contribution in [0, 0.1) is 0 Å². The maximum Gasteiger partial charge on any atom is 0.191 e. The Morgan fingerprint density at radius 2 is 2.25 bits per heavy atom. The molecular formula is C16H25IN6O. The molecular weight excluding hydrogens is 419 g/mol. The summed E-state index contributed by atoms with van der Waals surface area (Å²) in [4.78, 5) is 4.26. The third-order valence-corrected chi connectivity index (χ3v) is 4.18. The molecule has 24 heavy (non-hydrogen) atoms. The number of guanidine groups is 1. The van der Waals surface area contributed by atoms with Gasteiger partial charge in [-0.3, -0.25) is 9.39 Å². The molecule has 0 radical (unpaired) electrons. The molecule has 1 unspecified atom stereocenters. The van der Waals surface area contributed by atoms with Gasteiger partial charge in [0, 0.05) is 39.4 Å². The monoisotopic (exact) mass is 444 g/mol. The van der Waals surface area contributed by atoms with E-state index in [-0.39, 0.29) is 29.6 Å². The van der Waals surface area contributed by atoms with Crippen molar-refractivity contribution in [3.63, 3.8) is 0 Å². The summed E-state index contributed by atoms with van der Waals surface area (Å²) < 4.78 is 7.79. The normalized spacial score (nSPS) is 20.8. The van der Waals surface area contributed by atoms with Crippen LogP contribution in [0.2, 0.25) is 0 Å². The second-order valence-corrected chi connectivity index (χ2v) is 6.05. The van der Waals surface area contributed by atoms with Crippen molar-refractivity contribution in [1.82, 2.24) is 25.2 Å². The lowest BCUT2D eigenvalue weighted by Gasteiger charge is -2.24. The summed E-state index contributed by atoms with van der Waals surface area (Å²) in [6.45, 7) is 4.50. The highest BCUT2D eigenvalue weighted by Crippen LogP contribution is 2.23. The second kappa shape index (κ2) is 8.61. The molecule has 132 valence electrons. The summed E-state index contributed by atoms with van der Waals surface area (Å²) in [6, 6.07) is 5.90. The molecule has 0 aromatic carbocycles. The van der Waals surface area contributed by atoms with Gasteiger partial charge in [0.25, 0.3) is 0 Å². The molecule has 3 heterocycles. The number of nitrogens with one attached hydrogen (secondary N) is 2. The van der Waals surface area contributed by atoms with E-state index in [2.05, 4.69) is 32.7 Å². The molecule has 2 aromatic rings. The van der Waals surface area contributed by atoms with Crippen LogP contribution in [0.5, 0.6) is 0 Å². The van der Waals surface area contributed by atoms with Crippen molar-refractivity contribution in [3.05, 3.63) is 30.2 Å². The number of hydrogen-bond donors (Lipinski definition) is 2. The summed E-state index contributed by atoms with van der Waals surface area (Å²) in [7, 11) is 1.78. The van der Waals surface area contributed by atoms with E-state index in [1.807, 2.05) is 28.8 Å². The van der Waals surface area contributed by atoms with E-state index in [1.165, 1.54) is 0 Å². The number of pyridine rings is 1. The van der Waals surface area contributed by atoms with Crippen LogP contribution in [0.3, 0.4) is 0 Å². The highest BCUT2D eigenvalue weighted by Gasteiger charge is 2.29. The van der Waals surface area contributed by atoms with Crippen LogP contribution in [-0.2, 0) is 11.2 Å². The van der Waals surface area contributed by atoms with Crippen molar-refractivity contribution in [2.24, 2.45) is 4.99 Å². The van der Waals surface area contributed by atoms with Gasteiger partial charge in [-0.25, -0.2) is 0 Å².